The fourth-order valence-corrected chi connectivity index (χ4v) is 1.30. The van der Waals surface area contributed by atoms with Crippen LogP contribution < -0.4 is 5.32 Å². The average Bonchev–Trinajstić information content (AvgIpc) is 2.21. The first-order valence-electron chi connectivity index (χ1n) is 4.71. The van der Waals surface area contributed by atoms with Gasteiger partial charge in [0.15, 0.2) is 0 Å². The first-order chi connectivity index (χ1) is 6.88. The van der Waals surface area contributed by atoms with Gasteiger partial charge in [-0.3, -0.25) is 0 Å². The molecule has 0 amide bonds. The van der Waals surface area contributed by atoms with Crippen LogP contribution in [0.4, 0.5) is 0 Å². The van der Waals surface area contributed by atoms with Crippen LogP contribution in [0.3, 0.4) is 0 Å². The molecule has 0 saturated heterocycles. The largest absolute Gasteiger partial charge is 0.316 e. The molecule has 0 aromatic heterocycles. The van der Waals surface area contributed by atoms with Crippen molar-refractivity contribution >= 4 is 12.4 Å². The Balaban J connectivity index is 2.78. The van der Waals surface area contributed by atoms with Crippen LogP contribution in [0.15, 0.2) is 30.3 Å². The van der Waals surface area contributed by atoms with Crippen molar-refractivity contribution in [3.63, 3.8) is 0 Å². The zero-order chi connectivity index (χ0) is 10.2. The van der Waals surface area contributed by atoms with Gasteiger partial charge in [-0.1, -0.05) is 36.4 Å². The molecular weight excluding hydrogens is 174 g/mol. The molecule has 1 aromatic rings. The Morgan fingerprint density at radius 3 is 2.86 bits per heavy atom. The minimum absolute atomic E-state index is 0.480. The maximum absolute atomic E-state index is 10.1. The second kappa shape index (κ2) is 6.11. The van der Waals surface area contributed by atoms with E-state index in [0.29, 0.717) is 6.42 Å². The number of hydrogen-bond donors (Lipinski definition) is 1. The lowest BCUT2D eigenvalue weighted by Crippen LogP contribution is -2.06. The van der Waals surface area contributed by atoms with Crippen LogP contribution in [0.25, 0.3) is 6.08 Å². The molecule has 14 heavy (non-hydrogen) atoms. The summed E-state index contributed by atoms with van der Waals surface area (Å²) in [7, 11) is 1.92. The van der Waals surface area contributed by atoms with E-state index >= 15 is 0 Å². The molecule has 0 fully saturated rings. The summed E-state index contributed by atoms with van der Waals surface area (Å²) in [5.74, 6) is 0. The highest BCUT2D eigenvalue weighted by molar-refractivity contribution is 5.59. The second-order valence-electron chi connectivity index (χ2n) is 3.03. The van der Waals surface area contributed by atoms with E-state index in [1.54, 1.807) is 0 Å². The molecule has 0 bridgehead atoms. The van der Waals surface area contributed by atoms with Gasteiger partial charge in [-0.05, 0) is 18.2 Å². The van der Waals surface area contributed by atoms with E-state index in [0.717, 1.165) is 12.8 Å². The van der Waals surface area contributed by atoms with Crippen LogP contribution in [-0.4, -0.2) is 13.3 Å². The van der Waals surface area contributed by atoms with Crippen LogP contribution >= 0.6 is 0 Å². The molecule has 0 spiro atoms. The van der Waals surface area contributed by atoms with Crippen LogP contribution in [-0.2, 0) is 11.3 Å². The minimum atomic E-state index is 0.480. The van der Waals surface area contributed by atoms with Gasteiger partial charge in [-0.2, -0.15) is 0 Å². The zero-order valence-corrected chi connectivity index (χ0v) is 8.36. The molecule has 0 saturated carbocycles. The van der Waals surface area contributed by atoms with Crippen LogP contribution in [0.1, 0.15) is 17.5 Å². The molecular formula is C12H15NO. The first kappa shape index (κ1) is 10.7. The third-order valence-corrected chi connectivity index (χ3v) is 1.95. The molecule has 0 aliphatic carbocycles. The highest BCUT2D eigenvalue weighted by Crippen LogP contribution is 2.10. The molecule has 1 aromatic carbocycles. The van der Waals surface area contributed by atoms with Gasteiger partial charge in [0.25, 0.3) is 0 Å². The van der Waals surface area contributed by atoms with E-state index in [-0.39, 0.29) is 0 Å². The molecule has 2 nitrogen and oxygen atoms in total. The Labute approximate surface area is 84.6 Å². The van der Waals surface area contributed by atoms with Crippen molar-refractivity contribution in [3.05, 3.63) is 41.5 Å². The van der Waals surface area contributed by atoms with Crippen LogP contribution in [0, 0.1) is 0 Å². The summed E-state index contributed by atoms with van der Waals surface area (Å²) in [5.41, 5.74) is 2.42. The predicted molar refractivity (Wildman–Crippen MR) is 58.9 cm³/mol. The SMILES string of the molecule is CNCc1ccccc1C=CCC=O. The van der Waals surface area contributed by atoms with Gasteiger partial charge in [-0.15, -0.1) is 0 Å². The minimum Gasteiger partial charge on any atom is -0.316 e. The summed E-state index contributed by atoms with van der Waals surface area (Å²) in [6, 6.07) is 8.15. The number of benzene rings is 1. The van der Waals surface area contributed by atoms with E-state index in [1.807, 2.05) is 37.4 Å². The number of aldehydes is 1. The Morgan fingerprint density at radius 2 is 2.14 bits per heavy atom. The molecule has 74 valence electrons. The Bertz CT molecular complexity index is 318. The quantitative estimate of drug-likeness (QED) is 0.718. The molecule has 2 heteroatoms. The van der Waals surface area contributed by atoms with Gasteiger partial charge >= 0.3 is 0 Å². The van der Waals surface area contributed by atoms with Crippen molar-refractivity contribution in [2.45, 2.75) is 13.0 Å². The predicted octanol–water partition coefficient (Wildman–Crippen LogP) is 2.01. The van der Waals surface area contributed by atoms with Gasteiger partial charge in [-0.25, -0.2) is 0 Å². The van der Waals surface area contributed by atoms with E-state index in [9.17, 15) is 4.79 Å². The lowest BCUT2D eigenvalue weighted by Gasteiger charge is -2.04. The zero-order valence-electron chi connectivity index (χ0n) is 8.36. The van der Waals surface area contributed by atoms with Crippen LogP contribution in [0.5, 0.6) is 0 Å². The standard InChI is InChI=1S/C12H15NO/c1-13-10-12-8-3-2-6-11(12)7-4-5-9-14/h2-4,6-9,13H,5,10H2,1H3. The Morgan fingerprint density at radius 1 is 1.36 bits per heavy atom. The number of nitrogens with one attached hydrogen (secondary N) is 1. The number of carbonyl (C=O) groups is 1. The van der Waals surface area contributed by atoms with Gasteiger partial charge < -0.3 is 10.1 Å². The second-order valence-corrected chi connectivity index (χ2v) is 3.03. The van der Waals surface area contributed by atoms with Crippen molar-refractivity contribution in [3.8, 4) is 0 Å². The maximum Gasteiger partial charge on any atom is 0.123 e. The third-order valence-electron chi connectivity index (χ3n) is 1.95. The molecule has 0 aliphatic rings. The number of rotatable bonds is 5. The van der Waals surface area contributed by atoms with E-state index in [1.165, 1.54) is 11.1 Å². The van der Waals surface area contributed by atoms with Crippen molar-refractivity contribution in [2.75, 3.05) is 7.05 Å². The molecule has 0 heterocycles. The van der Waals surface area contributed by atoms with E-state index in [4.69, 9.17) is 0 Å². The van der Waals surface area contributed by atoms with Gasteiger partial charge in [0.2, 0.25) is 0 Å². The third kappa shape index (κ3) is 3.15. The summed E-state index contributed by atoms with van der Waals surface area (Å²) in [6.07, 6.45) is 5.24. The highest BCUT2D eigenvalue weighted by atomic mass is 16.1. The summed E-state index contributed by atoms with van der Waals surface area (Å²) in [6.45, 7) is 0.849. The van der Waals surface area contributed by atoms with E-state index in [2.05, 4.69) is 11.4 Å². The lowest BCUT2D eigenvalue weighted by atomic mass is 10.1. The van der Waals surface area contributed by atoms with Crippen molar-refractivity contribution in [2.24, 2.45) is 0 Å². The Hall–Kier alpha value is -1.41. The molecule has 1 rings (SSSR count). The molecule has 0 radical (unpaired) electrons. The Kier molecular flexibility index (Phi) is 4.65. The molecule has 0 aliphatic heterocycles. The topological polar surface area (TPSA) is 29.1 Å². The molecule has 1 N–H and O–H groups in total. The monoisotopic (exact) mass is 189 g/mol. The lowest BCUT2D eigenvalue weighted by molar-refractivity contribution is -0.107. The van der Waals surface area contributed by atoms with Gasteiger partial charge in [0.05, 0.1) is 0 Å². The van der Waals surface area contributed by atoms with Crippen molar-refractivity contribution in [1.29, 1.82) is 0 Å². The fraction of sp³-hybridized carbons (Fsp3) is 0.250. The maximum atomic E-state index is 10.1. The van der Waals surface area contributed by atoms with Crippen LogP contribution in [0.2, 0.25) is 0 Å². The van der Waals surface area contributed by atoms with E-state index < -0.39 is 0 Å². The summed E-state index contributed by atoms with van der Waals surface area (Å²) < 4.78 is 0. The fourth-order valence-electron chi connectivity index (χ4n) is 1.30. The highest BCUT2D eigenvalue weighted by Gasteiger charge is 1.95. The summed E-state index contributed by atoms with van der Waals surface area (Å²) >= 11 is 0. The number of carbonyl (C=O) groups excluding carboxylic acids is 1. The number of allylic oxidation sites excluding steroid dienone is 1. The van der Waals surface area contributed by atoms with Gasteiger partial charge in [0, 0.05) is 13.0 Å². The first-order valence-corrected chi connectivity index (χ1v) is 4.71. The molecule has 0 unspecified atom stereocenters. The average molecular weight is 189 g/mol. The normalized spacial score (nSPS) is 10.6. The summed E-state index contributed by atoms with van der Waals surface area (Å²) in [5, 5.41) is 3.11. The van der Waals surface area contributed by atoms with Gasteiger partial charge in [0.1, 0.15) is 6.29 Å². The smallest absolute Gasteiger partial charge is 0.123 e. The van der Waals surface area contributed by atoms with Crippen molar-refractivity contribution < 1.29 is 4.79 Å². The number of hydrogen-bond acceptors (Lipinski definition) is 2. The molecule has 0 atom stereocenters. The summed E-state index contributed by atoms with van der Waals surface area (Å²) in [4.78, 5) is 10.1. The van der Waals surface area contributed by atoms with Crippen molar-refractivity contribution in [1.82, 2.24) is 5.32 Å².